The van der Waals surface area contributed by atoms with Crippen LogP contribution in [-0.2, 0) is 4.79 Å². The molecule has 1 aromatic rings. The molecule has 0 fully saturated rings. The summed E-state index contributed by atoms with van der Waals surface area (Å²) in [4.78, 5) is 19.3. The molecular weight excluding hydrogens is 310 g/mol. The number of nitrogens with two attached hydrogens (primary N) is 1. The molecule has 0 aromatic heterocycles. The van der Waals surface area contributed by atoms with Crippen molar-refractivity contribution in [2.24, 2.45) is 10.8 Å². The summed E-state index contributed by atoms with van der Waals surface area (Å²) in [5.41, 5.74) is 7.38. The van der Waals surface area contributed by atoms with Crippen LogP contribution in [0.15, 0.2) is 17.2 Å². The van der Waals surface area contributed by atoms with Gasteiger partial charge >= 0.3 is 5.69 Å². The Morgan fingerprint density at radius 1 is 1.43 bits per heavy atom. The average Bonchev–Trinajstić information content (AvgIpc) is 2.45. The third-order valence-electron chi connectivity index (χ3n) is 2.12. The molecule has 0 atom stereocenters. The smallest absolute Gasteiger partial charge is 0.311 e. The van der Waals surface area contributed by atoms with E-state index < -0.39 is 10.9 Å². The van der Waals surface area contributed by atoms with Crippen molar-refractivity contribution in [1.29, 1.82) is 5.41 Å². The number of carboxylic acids is 1. The molecule has 0 amide bonds. The van der Waals surface area contributed by atoms with E-state index in [0.29, 0.717) is 11.3 Å². The van der Waals surface area contributed by atoms with Crippen LogP contribution >= 0.6 is 0 Å². The molecule has 0 saturated heterocycles. The van der Waals surface area contributed by atoms with E-state index in [1.807, 2.05) is 0 Å². The quantitative estimate of drug-likeness (QED) is 0.262. The summed E-state index contributed by atoms with van der Waals surface area (Å²) >= 11 is 0. The number of carboxylic acid groups (broad SMARTS) is 1. The molecule has 11 heteroatoms. The number of guanidine groups is 1. The van der Waals surface area contributed by atoms with Crippen LogP contribution in [0.5, 0.6) is 11.5 Å². The molecule has 11 nitrogen and oxygen atoms in total. The number of carbonyl (C=O) groups is 1. The monoisotopic (exact) mass is 327 g/mol. The highest BCUT2D eigenvalue weighted by Crippen LogP contribution is 2.33. The van der Waals surface area contributed by atoms with E-state index in [1.54, 1.807) is 0 Å². The maximum Gasteiger partial charge on any atom is 0.311 e. The summed E-state index contributed by atoms with van der Waals surface area (Å²) in [5, 5.41) is 28.9. The third-order valence-corrected chi connectivity index (χ3v) is 2.12. The number of nitro groups is 1. The molecule has 23 heavy (non-hydrogen) atoms. The van der Waals surface area contributed by atoms with Crippen LogP contribution in [0.2, 0.25) is 0 Å². The van der Waals surface area contributed by atoms with E-state index in [1.165, 1.54) is 32.6 Å². The number of hydrazone groups is 1. The lowest BCUT2D eigenvalue weighted by atomic mass is 10.1. The molecule has 0 aliphatic rings. The van der Waals surface area contributed by atoms with Crippen LogP contribution in [0.1, 0.15) is 12.5 Å². The molecule has 0 unspecified atom stereocenters. The summed E-state index contributed by atoms with van der Waals surface area (Å²) in [5.74, 6) is -0.756. The third kappa shape index (κ3) is 7.27. The Hall–Kier alpha value is -3.37. The molecule has 0 saturated carbocycles. The van der Waals surface area contributed by atoms with Gasteiger partial charge in [0.15, 0.2) is 0 Å². The lowest BCUT2D eigenvalue weighted by molar-refractivity contribution is -0.385. The zero-order chi connectivity index (χ0) is 18.0. The molecule has 0 aliphatic heterocycles. The number of aliphatic carboxylic acids is 1. The normalized spacial score (nSPS) is 9.52. The van der Waals surface area contributed by atoms with Gasteiger partial charge in [-0.15, -0.1) is 0 Å². The van der Waals surface area contributed by atoms with Crippen molar-refractivity contribution >= 4 is 23.8 Å². The van der Waals surface area contributed by atoms with Crippen molar-refractivity contribution < 1.29 is 24.3 Å². The fourth-order valence-corrected chi connectivity index (χ4v) is 1.32. The zero-order valence-corrected chi connectivity index (χ0v) is 12.7. The minimum absolute atomic E-state index is 0.0820. The van der Waals surface area contributed by atoms with Gasteiger partial charge in [-0.1, -0.05) is 0 Å². The Labute approximate surface area is 131 Å². The molecule has 1 aromatic carbocycles. The molecule has 0 heterocycles. The Balaban J connectivity index is 0.00000108. The van der Waals surface area contributed by atoms with Crippen molar-refractivity contribution in [3.05, 3.63) is 27.8 Å². The van der Waals surface area contributed by atoms with E-state index in [4.69, 9.17) is 30.5 Å². The van der Waals surface area contributed by atoms with Crippen LogP contribution in [0.4, 0.5) is 5.69 Å². The average molecular weight is 327 g/mol. The molecule has 0 radical (unpaired) electrons. The fourth-order valence-electron chi connectivity index (χ4n) is 1.32. The predicted octanol–water partition coefficient (Wildman–Crippen LogP) is 0.520. The van der Waals surface area contributed by atoms with Crippen molar-refractivity contribution in [2.75, 3.05) is 14.2 Å². The highest BCUT2D eigenvalue weighted by atomic mass is 16.6. The second-order valence-electron chi connectivity index (χ2n) is 3.83. The SMILES string of the molecule is CC(=O)O.COc1cc(OC)c([N+](=O)[O-])cc1/C=N/NC(=N)N. The van der Waals surface area contributed by atoms with Gasteiger partial charge < -0.3 is 20.3 Å². The van der Waals surface area contributed by atoms with E-state index in [9.17, 15) is 10.1 Å². The minimum atomic E-state index is -0.833. The van der Waals surface area contributed by atoms with Crippen LogP contribution in [0.3, 0.4) is 0 Å². The van der Waals surface area contributed by atoms with Crippen molar-refractivity contribution in [2.45, 2.75) is 6.92 Å². The fraction of sp³-hybridized carbons (Fsp3) is 0.250. The van der Waals surface area contributed by atoms with Gasteiger partial charge in [0.1, 0.15) is 5.75 Å². The first-order valence-corrected chi connectivity index (χ1v) is 5.96. The Bertz CT molecular complexity index is 612. The molecule has 0 aliphatic carbocycles. The lowest BCUT2D eigenvalue weighted by Crippen LogP contribution is -2.25. The zero-order valence-electron chi connectivity index (χ0n) is 12.7. The van der Waals surface area contributed by atoms with Gasteiger partial charge in [-0.2, -0.15) is 5.10 Å². The van der Waals surface area contributed by atoms with E-state index in [0.717, 1.165) is 6.92 Å². The summed E-state index contributed by atoms with van der Waals surface area (Å²) in [6.45, 7) is 1.08. The summed E-state index contributed by atoms with van der Waals surface area (Å²) < 4.78 is 9.98. The summed E-state index contributed by atoms with van der Waals surface area (Å²) in [6.07, 6.45) is 1.26. The second kappa shape index (κ2) is 9.55. The van der Waals surface area contributed by atoms with E-state index in [2.05, 4.69) is 10.5 Å². The Morgan fingerprint density at radius 2 is 1.96 bits per heavy atom. The summed E-state index contributed by atoms with van der Waals surface area (Å²) in [7, 11) is 2.74. The molecule has 5 N–H and O–H groups in total. The van der Waals surface area contributed by atoms with Crippen LogP contribution in [0.25, 0.3) is 0 Å². The highest BCUT2D eigenvalue weighted by molar-refractivity contribution is 5.87. The first kappa shape index (κ1) is 19.6. The second-order valence-corrected chi connectivity index (χ2v) is 3.83. The van der Waals surface area contributed by atoms with Gasteiger partial charge in [0.25, 0.3) is 5.97 Å². The van der Waals surface area contributed by atoms with Crippen molar-refractivity contribution in [3.63, 3.8) is 0 Å². The van der Waals surface area contributed by atoms with Crippen LogP contribution < -0.4 is 20.6 Å². The standard InChI is InChI=1S/C10H13N5O4.C2H4O2/c1-18-8-4-9(19-2)7(15(16)17)3-6(8)5-13-14-10(11)12;1-2(3)4/h3-5H,1-2H3,(H4,11,12,14);1H3,(H,3,4)/b13-5+;. The first-order chi connectivity index (χ1) is 10.7. The van der Waals surface area contributed by atoms with Crippen LogP contribution in [0, 0.1) is 15.5 Å². The largest absolute Gasteiger partial charge is 0.496 e. The van der Waals surface area contributed by atoms with Crippen LogP contribution in [-0.4, -0.2) is 42.4 Å². The lowest BCUT2D eigenvalue weighted by Gasteiger charge is -2.08. The molecule has 126 valence electrons. The first-order valence-electron chi connectivity index (χ1n) is 5.96. The molecule has 1 rings (SSSR count). The maximum atomic E-state index is 10.9. The number of hydrogen-bond donors (Lipinski definition) is 4. The van der Waals surface area contributed by atoms with Gasteiger partial charge in [-0.3, -0.25) is 20.3 Å². The van der Waals surface area contributed by atoms with Gasteiger partial charge in [0, 0.05) is 24.6 Å². The van der Waals surface area contributed by atoms with E-state index in [-0.39, 0.29) is 17.4 Å². The highest BCUT2D eigenvalue weighted by Gasteiger charge is 2.18. The topological polar surface area (TPSA) is 173 Å². The van der Waals surface area contributed by atoms with Crippen molar-refractivity contribution in [3.8, 4) is 11.5 Å². The number of benzene rings is 1. The minimum Gasteiger partial charge on any atom is -0.496 e. The molecule has 0 spiro atoms. The van der Waals surface area contributed by atoms with Gasteiger partial charge in [0.05, 0.1) is 25.4 Å². The molecule has 0 bridgehead atoms. The Kier molecular flexibility index (Phi) is 8.15. The van der Waals surface area contributed by atoms with Gasteiger partial charge in [-0.05, 0) is 0 Å². The van der Waals surface area contributed by atoms with E-state index >= 15 is 0 Å². The number of nitro benzene ring substituents is 1. The van der Waals surface area contributed by atoms with Crippen molar-refractivity contribution in [1.82, 2.24) is 5.43 Å². The number of nitrogens with one attached hydrogen (secondary N) is 2. The van der Waals surface area contributed by atoms with Gasteiger partial charge in [0.2, 0.25) is 11.7 Å². The summed E-state index contributed by atoms with van der Waals surface area (Å²) in [6, 6.07) is 2.64. The predicted molar refractivity (Wildman–Crippen MR) is 82.2 cm³/mol. The number of nitrogens with zero attached hydrogens (tertiary/aromatic N) is 2. The number of hydrogen-bond acceptors (Lipinski definition) is 7. The maximum absolute atomic E-state index is 10.9. The number of ether oxygens (including phenoxy) is 2. The molecular formula is C12H17N5O6. The Morgan fingerprint density at radius 3 is 2.35 bits per heavy atom. The van der Waals surface area contributed by atoms with Gasteiger partial charge in [-0.25, -0.2) is 5.43 Å². The number of rotatable bonds is 5. The number of methoxy groups -OCH3 is 2.